The zero-order chi connectivity index (χ0) is 12.3. The van der Waals surface area contributed by atoms with E-state index >= 15 is 0 Å². The van der Waals surface area contributed by atoms with E-state index in [2.05, 4.69) is 34.8 Å². The highest BCUT2D eigenvalue weighted by atomic mass is 35.5. The number of alkyl halides is 1. The van der Waals surface area contributed by atoms with Gasteiger partial charge in [-0.05, 0) is 44.6 Å². The Morgan fingerprint density at radius 1 is 1.47 bits per heavy atom. The van der Waals surface area contributed by atoms with Gasteiger partial charge in [-0.1, -0.05) is 0 Å². The fourth-order valence-corrected chi connectivity index (χ4v) is 2.58. The topological polar surface area (TPSA) is 19.4 Å². The summed E-state index contributed by atoms with van der Waals surface area (Å²) in [6.45, 7) is 5.59. The SMILES string of the molecule is CC1CN(C)CCCN1c1cc(CCl)ccn1. The summed E-state index contributed by atoms with van der Waals surface area (Å²) in [5.41, 5.74) is 1.14. The van der Waals surface area contributed by atoms with Gasteiger partial charge in [0.15, 0.2) is 0 Å². The summed E-state index contributed by atoms with van der Waals surface area (Å²) >= 11 is 5.88. The molecule has 2 rings (SSSR count). The van der Waals surface area contributed by atoms with Gasteiger partial charge >= 0.3 is 0 Å². The van der Waals surface area contributed by atoms with Crippen molar-refractivity contribution in [2.75, 3.05) is 31.6 Å². The molecule has 0 N–H and O–H groups in total. The number of nitrogens with zero attached hydrogens (tertiary/aromatic N) is 3. The number of hydrogen-bond donors (Lipinski definition) is 0. The van der Waals surface area contributed by atoms with Gasteiger partial charge in [-0.25, -0.2) is 4.98 Å². The maximum Gasteiger partial charge on any atom is 0.129 e. The van der Waals surface area contributed by atoms with Crippen molar-refractivity contribution in [1.29, 1.82) is 0 Å². The van der Waals surface area contributed by atoms with E-state index in [1.807, 2.05) is 12.3 Å². The average molecular weight is 254 g/mol. The Kier molecular flexibility index (Phi) is 4.24. The molecule has 1 aliphatic heterocycles. The average Bonchev–Trinajstić information content (AvgIpc) is 2.50. The quantitative estimate of drug-likeness (QED) is 0.755. The molecule has 1 atom stereocenters. The fraction of sp³-hybridized carbons (Fsp3) is 0.615. The van der Waals surface area contributed by atoms with Crippen LogP contribution in [0.1, 0.15) is 18.9 Å². The Balaban J connectivity index is 2.19. The third-order valence-corrected chi connectivity index (χ3v) is 3.61. The highest BCUT2D eigenvalue weighted by molar-refractivity contribution is 6.17. The van der Waals surface area contributed by atoms with Crippen molar-refractivity contribution in [1.82, 2.24) is 9.88 Å². The first-order valence-corrected chi connectivity index (χ1v) is 6.70. The maximum atomic E-state index is 5.88. The molecule has 17 heavy (non-hydrogen) atoms. The molecule has 0 aliphatic carbocycles. The third-order valence-electron chi connectivity index (χ3n) is 3.31. The van der Waals surface area contributed by atoms with Gasteiger partial charge in [0.2, 0.25) is 0 Å². The summed E-state index contributed by atoms with van der Waals surface area (Å²) in [6, 6.07) is 4.58. The zero-order valence-electron chi connectivity index (χ0n) is 10.6. The van der Waals surface area contributed by atoms with E-state index in [1.165, 1.54) is 6.42 Å². The second-order valence-corrected chi connectivity index (χ2v) is 5.08. The summed E-state index contributed by atoms with van der Waals surface area (Å²) in [4.78, 5) is 9.25. The van der Waals surface area contributed by atoms with Crippen LogP contribution in [0.25, 0.3) is 0 Å². The molecule has 0 bridgehead atoms. The van der Waals surface area contributed by atoms with Crippen LogP contribution >= 0.6 is 11.6 Å². The highest BCUT2D eigenvalue weighted by Gasteiger charge is 2.20. The molecule has 0 amide bonds. The maximum absolute atomic E-state index is 5.88. The van der Waals surface area contributed by atoms with Gasteiger partial charge in [-0.3, -0.25) is 0 Å². The smallest absolute Gasteiger partial charge is 0.129 e. The monoisotopic (exact) mass is 253 g/mol. The molecular weight excluding hydrogens is 234 g/mol. The normalized spacial score (nSPS) is 22.5. The van der Waals surface area contributed by atoms with Gasteiger partial charge in [0.25, 0.3) is 0 Å². The minimum absolute atomic E-state index is 0.501. The molecule has 94 valence electrons. The molecule has 0 saturated carbocycles. The van der Waals surface area contributed by atoms with Gasteiger partial charge in [0.1, 0.15) is 5.82 Å². The van der Waals surface area contributed by atoms with Crippen LogP contribution in [0.2, 0.25) is 0 Å². The van der Waals surface area contributed by atoms with Crippen LogP contribution in [0.5, 0.6) is 0 Å². The molecule has 0 radical (unpaired) electrons. The van der Waals surface area contributed by atoms with E-state index in [1.54, 1.807) is 0 Å². The van der Waals surface area contributed by atoms with Crippen LogP contribution in [0, 0.1) is 0 Å². The second-order valence-electron chi connectivity index (χ2n) is 4.81. The van der Waals surface area contributed by atoms with Crippen molar-refractivity contribution in [3.8, 4) is 0 Å². The molecule has 1 aromatic rings. The predicted octanol–water partition coefficient (Wildman–Crippen LogP) is 2.35. The first-order valence-electron chi connectivity index (χ1n) is 6.17. The lowest BCUT2D eigenvalue weighted by atomic mass is 10.2. The van der Waals surface area contributed by atoms with E-state index in [0.29, 0.717) is 11.9 Å². The van der Waals surface area contributed by atoms with Crippen LogP contribution in [0.3, 0.4) is 0 Å². The highest BCUT2D eigenvalue weighted by Crippen LogP contribution is 2.19. The summed E-state index contributed by atoms with van der Waals surface area (Å²) in [6.07, 6.45) is 3.04. The summed E-state index contributed by atoms with van der Waals surface area (Å²) in [7, 11) is 2.18. The Bertz CT molecular complexity index is 369. The molecule has 3 nitrogen and oxygen atoms in total. The van der Waals surface area contributed by atoms with Gasteiger partial charge in [0.05, 0.1) is 0 Å². The van der Waals surface area contributed by atoms with Crippen molar-refractivity contribution in [2.45, 2.75) is 25.3 Å². The minimum Gasteiger partial charge on any atom is -0.353 e. The van der Waals surface area contributed by atoms with E-state index < -0.39 is 0 Å². The lowest BCUT2D eigenvalue weighted by Gasteiger charge is -2.29. The zero-order valence-corrected chi connectivity index (χ0v) is 11.3. The van der Waals surface area contributed by atoms with Crippen LogP contribution in [-0.2, 0) is 5.88 Å². The molecule has 0 spiro atoms. The second kappa shape index (κ2) is 5.69. The Morgan fingerprint density at radius 2 is 2.29 bits per heavy atom. The number of pyridine rings is 1. The van der Waals surface area contributed by atoms with E-state index in [9.17, 15) is 0 Å². The van der Waals surface area contributed by atoms with Gasteiger partial charge in [-0.15, -0.1) is 11.6 Å². The van der Waals surface area contributed by atoms with Crippen molar-refractivity contribution in [2.24, 2.45) is 0 Å². The summed E-state index contributed by atoms with van der Waals surface area (Å²) in [5.74, 6) is 1.61. The lowest BCUT2D eigenvalue weighted by Crippen LogP contribution is -2.38. The molecule has 1 aliphatic rings. The molecular formula is C13H20ClN3. The number of likely N-dealkylation sites (N-methyl/N-ethyl adjacent to an activating group) is 1. The molecule has 1 aromatic heterocycles. The number of rotatable bonds is 2. The Hall–Kier alpha value is -0.800. The van der Waals surface area contributed by atoms with Crippen molar-refractivity contribution in [3.05, 3.63) is 23.9 Å². The van der Waals surface area contributed by atoms with E-state index in [0.717, 1.165) is 31.0 Å². The van der Waals surface area contributed by atoms with Crippen molar-refractivity contribution in [3.63, 3.8) is 0 Å². The molecule has 2 heterocycles. The van der Waals surface area contributed by atoms with Crippen LogP contribution in [0.15, 0.2) is 18.3 Å². The Morgan fingerprint density at radius 3 is 3.06 bits per heavy atom. The molecule has 0 aromatic carbocycles. The predicted molar refractivity (Wildman–Crippen MR) is 72.7 cm³/mol. The molecule has 1 fully saturated rings. The van der Waals surface area contributed by atoms with Crippen LogP contribution < -0.4 is 4.90 Å². The standard InChI is InChI=1S/C13H20ClN3/c1-11-10-16(2)6-3-7-17(11)13-8-12(9-14)4-5-15-13/h4-5,8,11H,3,6-7,9-10H2,1-2H3. The van der Waals surface area contributed by atoms with Crippen LogP contribution in [0.4, 0.5) is 5.82 Å². The summed E-state index contributed by atoms with van der Waals surface area (Å²) < 4.78 is 0. The van der Waals surface area contributed by atoms with Crippen LogP contribution in [-0.4, -0.2) is 42.6 Å². The number of aromatic nitrogens is 1. The molecule has 1 saturated heterocycles. The van der Waals surface area contributed by atoms with Crippen molar-refractivity contribution < 1.29 is 0 Å². The first kappa shape index (κ1) is 12.7. The molecule has 4 heteroatoms. The third kappa shape index (κ3) is 3.11. The Labute approximate surface area is 108 Å². The number of anilines is 1. The fourth-order valence-electron chi connectivity index (χ4n) is 2.41. The van der Waals surface area contributed by atoms with Gasteiger partial charge < -0.3 is 9.80 Å². The summed E-state index contributed by atoms with van der Waals surface area (Å²) in [5, 5.41) is 0. The lowest BCUT2D eigenvalue weighted by molar-refractivity contribution is 0.337. The van der Waals surface area contributed by atoms with Crippen molar-refractivity contribution >= 4 is 17.4 Å². The minimum atomic E-state index is 0.501. The van der Waals surface area contributed by atoms with E-state index in [-0.39, 0.29) is 0 Å². The van der Waals surface area contributed by atoms with E-state index in [4.69, 9.17) is 11.6 Å². The number of halogens is 1. The van der Waals surface area contributed by atoms with Gasteiger partial charge in [-0.2, -0.15) is 0 Å². The first-order chi connectivity index (χ1) is 8.20. The largest absolute Gasteiger partial charge is 0.353 e. The molecule has 1 unspecified atom stereocenters. The van der Waals surface area contributed by atoms with Gasteiger partial charge in [0, 0.05) is 31.2 Å². The number of hydrogen-bond acceptors (Lipinski definition) is 3.